The maximum absolute atomic E-state index is 12.2. The number of ether oxygens (including phenoxy) is 1. The van der Waals surface area contributed by atoms with Gasteiger partial charge >= 0.3 is 0 Å². The lowest BCUT2D eigenvalue weighted by atomic mass is 10.1. The Kier molecular flexibility index (Phi) is 4.64. The van der Waals surface area contributed by atoms with E-state index in [0.717, 1.165) is 5.56 Å². The van der Waals surface area contributed by atoms with Crippen LogP contribution in [0.3, 0.4) is 0 Å². The average Bonchev–Trinajstić information content (AvgIpc) is 2.51. The monoisotopic (exact) mass is 295 g/mol. The first-order valence-corrected chi connectivity index (χ1v) is 6.84. The summed E-state index contributed by atoms with van der Waals surface area (Å²) in [5.74, 6) is 0.0818. The van der Waals surface area contributed by atoms with Crippen molar-refractivity contribution in [3.8, 4) is 11.8 Å². The SMILES string of the molecule is Cc1ccc(N)cc1NC(=O)C(C)Oc1ccccc1C#N. The second-order valence-corrected chi connectivity index (χ2v) is 4.93. The maximum Gasteiger partial charge on any atom is 0.265 e. The summed E-state index contributed by atoms with van der Waals surface area (Å²) in [6.45, 7) is 3.51. The molecule has 1 amide bonds. The van der Waals surface area contributed by atoms with Crippen LogP contribution in [0, 0.1) is 18.3 Å². The summed E-state index contributed by atoms with van der Waals surface area (Å²) in [5, 5.41) is 11.8. The van der Waals surface area contributed by atoms with Crippen LogP contribution in [0.4, 0.5) is 11.4 Å². The van der Waals surface area contributed by atoms with Gasteiger partial charge in [0.05, 0.1) is 5.56 Å². The highest BCUT2D eigenvalue weighted by molar-refractivity contribution is 5.95. The number of hydrogen-bond donors (Lipinski definition) is 2. The number of carbonyl (C=O) groups is 1. The molecule has 0 aliphatic heterocycles. The molecule has 1 atom stereocenters. The van der Waals surface area contributed by atoms with Crippen molar-refractivity contribution in [1.29, 1.82) is 5.26 Å². The van der Waals surface area contributed by atoms with E-state index in [1.54, 1.807) is 43.3 Å². The number of para-hydroxylation sites is 1. The van der Waals surface area contributed by atoms with E-state index in [4.69, 9.17) is 15.7 Å². The van der Waals surface area contributed by atoms with Crippen LogP contribution >= 0.6 is 0 Å². The van der Waals surface area contributed by atoms with Crippen molar-refractivity contribution in [3.05, 3.63) is 53.6 Å². The number of nitrogens with two attached hydrogens (primary N) is 1. The van der Waals surface area contributed by atoms with E-state index in [9.17, 15) is 4.79 Å². The molecule has 0 saturated heterocycles. The van der Waals surface area contributed by atoms with Gasteiger partial charge in [-0.1, -0.05) is 18.2 Å². The Bertz CT molecular complexity index is 735. The largest absolute Gasteiger partial charge is 0.480 e. The Labute approximate surface area is 129 Å². The molecule has 0 heterocycles. The summed E-state index contributed by atoms with van der Waals surface area (Å²) >= 11 is 0. The number of benzene rings is 2. The van der Waals surface area contributed by atoms with Crippen LogP contribution in [0.1, 0.15) is 18.1 Å². The van der Waals surface area contributed by atoms with E-state index in [1.807, 2.05) is 19.1 Å². The number of nitrogens with one attached hydrogen (secondary N) is 1. The third-order valence-electron chi connectivity index (χ3n) is 3.20. The molecule has 0 fully saturated rings. The van der Waals surface area contributed by atoms with Crippen LogP contribution in [0.15, 0.2) is 42.5 Å². The standard InChI is InChI=1S/C17H17N3O2/c1-11-7-8-14(19)9-15(11)20-17(21)12(2)22-16-6-4-3-5-13(16)10-18/h3-9,12H,19H2,1-2H3,(H,20,21). The Balaban J connectivity index is 2.10. The molecule has 0 aliphatic rings. The molecule has 0 saturated carbocycles. The van der Waals surface area contributed by atoms with Crippen molar-refractivity contribution < 1.29 is 9.53 Å². The van der Waals surface area contributed by atoms with E-state index >= 15 is 0 Å². The van der Waals surface area contributed by atoms with Gasteiger partial charge < -0.3 is 15.8 Å². The van der Waals surface area contributed by atoms with Crippen LogP contribution < -0.4 is 15.8 Å². The van der Waals surface area contributed by atoms with E-state index < -0.39 is 6.10 Å². The minimum Gasteiger partial charge on any atom is -0.480 e. The number of nitrogen functional groups attached to an aromatic ring is 1. The fraction of sp³-hybridized carbons (Fsp3) is 0.176. The predicted molar refractivity (Wildman–Crippen MR) is 85.5 cm³/mol. The molecule has 2 rings (SSSR count). The second kappa shape index (κ2) is 6.64. The normalized spacial score (nSPS) is 11.3. The first-order valence-electron chi connectivity index (χ1n) is 6.84. The molecule has 3 N–H and O–H groups in total. The van der Waals surface area contributed by atoms with Crippen LogP contribution in [0.25, 0.3) is 0 Å². The topological polar surface area (TPSA) is 88.1 Å². The number of anilines is 2. The van der Waals surface area contributed by atoms with E-state index in [0.29, 0.717) is 22.7 Å². The van der Waals surface area contributed by atoms with Gasteiger partial charge in [-0.15, -0.1) is 0 Å². The molecular formula is C17H17N3O2. The lowest BCUT2D eigenvalue weighted by Gasteiger charge is -2.16. The van der Waals surface area contributed by atoms with Crippen LogP contribution in [0.2, 0.25) is 0 Å². The number of amides is 1. The zero-order chi connectivity index (χ0) is 16.1. The quantitative estimate of drug-likeness (QED) is 0.849. The third kappa shape index (κ3) is 3.55. The highest BCUT2D eigenvalue weighted by Crippen LogP contribution is 2.21. The third-order valence-corrected chi connectivity index (χ3v) is 3.20. The summed E-state index contributed by atoms with van der Waals surface area (Å²) in [6.07, 6.45) is -0.740. The maximum atomic E-state index is 12.2. The van der Waals surface area contributed by atoms with Crippen LogP contribution in [0.5, 0.6) is 5.75 Å². The number of hydrogen-bond acceptors (Lipinski definition) is 4. The molecule has 5 nitrogen and oxygen atoms in total. The summed E-state index contributed by atoms with van der Waals surface area (Å²) in [6, 6.07) is 14.1. The molecule has 0 radical (unpaired) electrons. The first-order chi connectivity index (χ1) is 10.5. The number of nitrogens with zero attached hydrogens (tertiary/aromatic N) is 1. The zero-order valence-electron chi connectivity index (χ0n) is 12.5. The van der Waals surface area contributed by atoms with Crippen molar-refractivity contribution in [2.45, 2.75) is 20.0 Å². The lowest BCUT2D eigenvalue weighted by Crippen LogP contribution is -2.30. The van der Waals surface area contributed by atoms with Crippen molar-refractivity contribution in [3.63, 3.8) is 0 Å². The fourth-order valence-electron chi connectivity index (χ4n) is 1.91. The highest BCUT2D eigenvalue weighted by Gasteiger charge is 2.17. The zero-order valence-corrected chi connectivity index (χ0v) is 12.5. The van der Waals surface area contributed by atoms with Gasteiger partial charge in [-0.3, -0.25) is 4.79 Å². The molecule has 0 aliphatic carbocycles. The van der Waals surface area contributed by atoms with E-state index in [2.05, 4.69) is 5.32 Å². The molecule has 1 unspecified atom stereocenters. The second-order valence-electron chi connectivity index (χ2n) is 4.93. The van der Waals surface area contributed by atoms with Gasteiger partial charge in [0.15, 0.2) is 6.10 Å². The van der Waals surface area contributed by atoms with Gasteiger partial charge in [0.2, 0.25) is 0 Å². The molecule has 0 bridgehead atoms. The molecule has 22 heavy (non-hydrogen) atoms. The Morgan fingerprint density at radius 1 is 1.32 bits per heavy atom. The highest BCUT2D eigenvalue weighted by atomic mass is 16.5. The average molecular weight is 295 g/mol. The molecule has 2 aromatic rings. The van der Waals surface area contributed by atoms with Gasteiger partial charge in [0.25, 0.3) is 5.91 Å². The van der Waals surface area contributed by atoms with E-state index in [1.165, 1.54) is 0 Å². The molecule has 0 spiro atoms. The fourth-order valence-corrected chi connectivity index (χ4v) is 1.91. The van der Waals surface area contributed by atoms with Gasteiger partial charge in [-0.25, -0.2) is 0 Å². The first kappa shape index (κ1) is 15.4. The van der Waals surface area contributed by atoms with Crippen molar-refractivity contribution >= 4 is 17.3 Å². The Hall–Kier alpha value is -3.00. The summed E-state index contributed by atoms with van der Waals surface area (Å²) in [7, 11) is 0. The molecule has 5 heteroatoms. The van der Waals surface area contributed by atoms with Crippen LogP contribution in [-0.4, -0.2) is 12.0 Å². The van der Waals surface area contributed by atoms with E-state index in [-0.39, 0.29) is 5.91 Å². The minimum absolute atomic E-state index is 0.304. The van der Waals surface area contributed by atoms with Gasteiger partial charge in [0.1, 0.15) is 11.8 Å². The number of nitriles is 1. The Morgan fingerprint density at radius 2 is 2.05 bits per heavy atom. The smallest absolute Gasteiger partial charge is 0.265 e. The lowest BCUT2D eigenvalue weighted by molar-refractivity contribution is -0.122. The molecule has 2 aromatic carbocycles. The molecule has 0 aromatic heterocycles. The predicted octanol–water partition coefficient (Wildman–Crippen LogP) is 2.85. The Morgan fingerprint density at radius 3 is 2.77 bits per heavy atom. The van der Waals surface area contributed by atoms with Gasteiger partial charge in [0, 0.05) is 11.4 Å². The van der Waals surface area contributed by atoms with Gasteiger partial charge in [-0.05, 0) is 43.7 Å². The van der Waals surface area contributed by atoms with Crippen molar-refractivity contribution in [2.24, 2.45) is 0 Å². The molecule has 112 valence electrons. The number of aryl methyl sites for hydroxylation is 1. The number of rotatable bonds is 4. The molecular weight excluding hydrogens is 278 g/mol. The summed E-state index contributed by atoms with van der Waals surface area (Å²) in [4.78, 5) is 12.2. The summed E-state index contributed by atoms with van der Waals surface area (Å²) < 4.78 is 5.57. The van der Waals surface area contributed by atoms with Gasteiger partial charge in [-0.2, -0.15) is 5.26 Å². The number of carbonyl (C=O) groups excluding carboxylic acids is 1. The van der Waals surface area contributed by atoms with Crippen molar-refractivity contribution in [1.82, 2.24) is 0 Å². The van der Waals surface area contributed by atoms with Crippen LogP contribution in [-0.2, 0) is 4.79 Å². The minimum atomic E-state index is -0.740. The van der Waals surface area contributed by atoms with Crippen molar-refractivity contribution in [2.75, 3.05) is 11.1 Å². The summed E-state index contributed by atoms with van der Waals surface area (Å²) in [5.41, 5.74) is 8.24.